The average molecular weight is 391 g/mol. The lowest BCUT2D eigenvalue weighted by Gasteiger charge is -2.28. The van der Waals surface area contributed by atoms with Crippen molar-refractivity contribution in [1.29, 1.82) is 0 Å². The number of benzene rings is 1. The van der Waals surface area contributed by atoms with Crippen molar-refractivity contribution in [1.82, 2.24) is 9.62 Å². The van der Waals surface area contributed by atoms with E-state index in [1.807, 2.05) is 6.92 Å². The van der Waals surface area contributed by atoms with Gasteiger partial charge in [-0.3, -0.25) is 4.79 Å². The van der Waals surface area contributed by atoms with Gasteiger partial charge in [0.2, 0.25) is 10.0 Å². The number of nitrogens with one attached hydrogen (secondary N) is 1. The average Bonchev–Trinajstić information content (AvgIpc) is 3.39. The molecule has 1 saturated heterocycles. The van der Waals surface area contributed by atoms with E-state index in [1.54, 1.807) is 18.2 Å². The molecule has 2 bridgehead atoms. The third-order valence-corrected chi connectivity index (χ3v) is 8.84. The van der Waals surface area contributed by atoms with E-state index < -0.39 is 10.0 Å². The fourth-order valence-electron chi connectivity index (χ4n) is 5.38. The Morgan fingerprint density at radius 1 is 1.19 bits per heavy atom. The first-order valence-electron chi connectivity index (χ1n) is 10.3. The van der Waals surface area contributed by atoms with Crippen LogP contribution in [0.1, 0.15) is 61.4 Å². The van der Waals surface area contributed by atoms with Gasteiger partial charge in [0.1, 0.15) is 0 Å². The number of carbonyl (C=O) groups excluding carboxylic acids is 1. The van der Waals surface area contributed by atoms with Crippen LogP contribution in [0.3, 0.4) is 0 Å². The maximum atomic E-state index is 12.9. The summed E-state index contributed by atoms with van der Waals surface area (Å²) in [5, 5.41) is 3.16. The number of nitrogens with zero attached hydrogens (tertiary/aromatic N) is 1. The maximum absolute atomic E-state index is 12.9. The first-order chi connectivity index (χ1) is 12.9. The van der Waals surface area contributed by atoms with E-state index >= 15 is 0 Å². The molecule has 4 atom stereocenters. The smallest absolute Gasteiger partial charge is 0.251 e. The highest BCUT2D eigenvalue weighted by Crippen LogP contribution is 2.49. The lowest BCUT2D eigenvalue weighted by atomic mass is 9.84. The first-order valence-corrected chi connectivity index (χ1v) is 11.7. The second-order valence-corrected chi connectivity index (χ2v) is 10.6. The van der Waals surface area contributed by atoms with E-state index in [1.165, 1.54) is 30.0 Å². The van der Waals surface area contributed by atoms with Crippen LogP contribution < -0.4 is 5.32 Å². The summed E-state index contributed by atoms with van der Waals surface area (Å²) in [6.45, 7) is 5.10. The lowest BCUT2D eigenvalue weighted by Crippen LogP contribution is -2.40. The Hall–Kier alpha value is -1.40. The molecule has 2 saturated carbocycles. The van der Waals surface area contributed by atoms with Crippen LogP contribution >= 0.6 is 0 Å². The van der Waals surface area contributed by atoms with E-state index in [2.05, 4.69) is 12.2 Å². The molecule has 27 heavy (non-hydrogen) atoms. The van der Waals surface area contributed by atoms with Crippen LogP contribution in [-0.2, 0) is 10.0 Å². The van der Waals surface area contributed by atoms with Crippen molar-refractivity contribution in [2.75, 3.05) is 13.1 Å². The largest absolute Gasteiger partial charge is 0.349 e. The molecule has 1 N–H and O–H groups in total. The van der Waals surface area contributed by atoms with Gasteiger partial charge in [0.15, 0.2) is 0 Å². The number of rotatable bonds is 5. The zero-order valence-electron chi connectivity index (χ0n) is 16.3. The standard InChI is InChI=1S/C21H30N2O3S/c1-14-5-8-18(27(25,26)23-9-3-4-10-23)13-19(14)21(24)22-15(2)20-12-16-6-7-17(20)11-16/h5,8,13,15-17,20H,3-4,6-7,9-12H2,1-2H3,(H,22,24)/t15-,16+,17+,20+/m0/s1. The summed E-state index contributed by atoms with van der Waals surface area (Å²) < 4.78 is 27.2. The van der Waals surface area contributed by atoms with Gasteiger partial charge in [0.05, 0.1) is 4.90 Å². The van der Waals surface area contributed by atoms with Crippen molar-refractivity contribution < 1.29 is 13.2 Å². The molecule has 4 rings (SSSR count). The van der Waals surface area contributed by atoms with E-state index in [4.69, 9.17) is 0 Å². The van der Waals surface area contributed by atoms with Crippen LogP contribution in [0.2, 0.25) is 0 Å². The van der Waals surface area contributed by atoms with Crippen LogP contribution in [0.25, 0.3) is 0 Å². The molecule has 6 heteroatoms. The quantitative estimate of drug-likeness (QED) is 0.839. The minimum absolute atomic E-state index is 0.131. The van der Waals surface area contributed by atoms with Gasteiger partial charge in [-0.25, -0.2) is 8.42 Å². The summed E-state index contributed by atoms with van der Waals surface area (Å²) in [6.07, 6.45) is 6.97. The topological polar surface area (TPSA) is 66.5 Å². The van der Waals surface area contributed by atoms with Crippen LogP contribution in [0.5, 0.6) is 0 Å². The number of hydrogen-bond acceptors (Lipinski definition) is 3. The maximum Gasteiger partial charge on any atom is 0.251 e. The Labute approximate surface area is 162 Å². The SMILES string of the molecule is Cc1ccc(S(=O)(=O)N2CCCC2)cc1C(=O)N[C@@H](C)[C@H]1C[C@@H]2CC[C@@H]1C2. The number of amides is 1. The number of fused-ring (bicyclic) bond motifs is 2. The van der Waals surface area contributed by atoms with E-state index in [-0.39, 0.29) is 16.8 Å². The Kier molecular flexibility index (Phi) is 5.06. The van der Waals surface area contributed by atoms with E-state index in [0.29, 0.717) is 24.6 Å². The van der Waals surface area contributed by atoms with Gasteiger partial charge in [-0.1, -0.05) is 12.5 Å². The number of carbonyl (C=O) groups is 1. The lowest BCUT2D eigenvalue weighted by molar-refractivity contribution is 0.0914. The molecule has 1 amide bonds. The van der Waals surface area contributed by atoms with Crippen LogP contribution in [0.4, 0.5) is 0 Å². The highest BCUT2D eigenvalue weighted by atomic mass is 32.2. The molecule has 1 aliphatic heterocycles. The molecule has 2 aliphatic carbocycles. The van der Waals surface area contributed by atoms with Gasteiger partial charge in [0, 0.05) is 24.7 Å². The van der Waals surface area contributed by atoms with E-state index in [0.717, 1.165) is 30.2 Å². The Morgan fingerprint density at radius 3 is 2.56 bits per heavy atom. The predicted molar refractivity (Wildman–Crippen MR) is 105 cm³/mol. The molecule has 1 heterocycles. The summed E-state index contributed by atoms with van der Waals surface area (Å²) in [7, 11) is -3.51. The van der Waals surface area contributed by atoms with E-state index in [9.17, 15) is 13.2 Å². The van der Waals surface area contributed by atoms with Crippen molar-refractivity contribution in [2.24, 2.45) is 17.8 Å². The van der Waals surface area contributed by atoms with Gasteiger partial charge in [-0.05, 0) is 81.4 Å². The third-order valence-electron chi connectivity index (χ3n) is 6.95. The molecule has 0 radical (unpaired) electrons. The molecule has 3 aliphatic rings. The highest BCUT2D eigenvalue weighted by molar-refractivity contribution is 7.89. The van der Waals surface area contributed by atoms with Gasteiger partial charge in [-0.2, -0.15) is 4.31 Å². The summed E-state index contributed by atoms with van der Waals surface area (Å²) in [4.78, 5) is 13.1. The zero-order chi connectivity index (χ0) is 19.2. The number of sulfonamides is 1. The van der Waals surface area contributed by atoms with Crippen molar-refractivity contribution >= 4 is 15.9 Å². The Bertz CT molecular complexity index is 830. The normalized spacial score (nSPS) is 29.2. The molecule has 1 aromatic carbocycles. The van der Waals surface area contributed by atoms with Gasteiger partial charge in [0.25, 0.3) is 5.91 Å². The first kappa shape index (κ1) is 18.9. The van der Waals surface area contributed by atoms with Crippen LogP contribution in [0.15, 0.2) is 23.1 Å². The molecule has 0 aromatic heterocycles. The van der Waals surface area contributed by atoms with Crippen molar-refractivity contribution in [2.45, 2.75) is 63.3 Å². The fourth-order valence-corrected chi connectivity index (χ4v) is 6.93. The minimum Gasteiger partial charge on any atom is -0.349 e. The molecule has 148 valence electrons. The molecule has 0 unspecified atom stereocenters. The number of hydrogen-bond donors (Lipinski definition) is 1. The highest BCUT2D eigenvalue weighted by Gasteiger charge is 2.42. The summed E-state index contributed by atoms with van der Waals surface area (Å²) >= 11 is 0. The zero-order valence-corrected chi connectivity index (χ0v) is 17.1. The van der Waals surface area contributed by atoms with Gasteiger partial charge >= 0.3 is 0 Å². The van der Waals surface area contributed by atoms with Crippen molar-refractivity contribution in [3.8, 4) is 0 Å². The molecule has 0 spiro atoms. The van der Waals surface area contributed by atoms with Crippen LogP contribution in [0, 0.1) is 24.7 Å². The number of aryl methyl sites for hydroxylation is 1. The van der Waals surface area contributed by atoms with Crippen molar-refractivity contribution in [3.63, 3.8) is 0 Å². The third kappa shape index (κ3) is 3.54. The molecular formula is C21H30N2O3S. The molecule has 5 nitrogen and oxygen atoms in total. The summed E-state index contributed by atoms with van der Waals surface area (Å²) in [5.41, 5.74) is 1.29. The van der Waals surface area contributed by atoms with Gasteiger partial charge < -0.3 is 5.32 Å². The fraction of sp³-hybridized carbons (Fsp3) is 0.667. The minimum atomic E-state index is -3.51. The predicted octanol–water partition coefficient (Wildman–Crippen LogP) is 3.33. The van der Waals surface area contributed by atoms with Crippen molar-refractivity contribution in [3.05, 3.63) is 29.3 Å². The molecule has 1 aromatic rings. The second kappa shape index (κ2) is 7.21. The van der Waals surface area contributed by atoms with Gasteiger partial charge in [-0.15, -0.1) is 0 Å². The Balaban J connectivity index is 1.51. The summed E-state index contributed by atoms with van der Waals surface area (Å²) in [5.74, 6) is 1.99. The second-order valence-electron chi connectivity index (χ2n) is 8.69. The molecular weight excluding hydrogens is 360 g/mol. The molecule has 3 fully saturated rings. The summed E-state index contributed by atoms with van der Waals surface area (Å²) in [6, 6.07) is 5.07. The Morgan fingerprint density at radius 2 is 1.93 bits per heavy atom. The monoisotopic (exact) mass is 390 g/mol. The van der Waals surface area contributed by atoms with Crippen LogP contribution in [-0.4, -0.2) is 37.8 Å².